The zero-order valence-corrected chi connectivity index (χ0v) is 39.6. The number of unbranched alkanes of at least 4 members (excludes halogenated alkanes) is 2. The van der Waals surface area contributed by atoms with Crippen molar-refractivity contribution in [2.45, 2.75) is 153 Å². The normalized spacial score (nSPS) is 23.8. The summed E-state index contributed by atoms with van der Waals surface area (Å²) in [6.07, 6.45) is 0.00767. The molecule has 18 heteroatoms. The Morgan fingerprint density at radius 1 is 0.656 bits per heavy atom. The monoisotopic (exact) mass is 994 g/mol. The highest BCUT2D eigenvalue weighted by atomic mass is 79.9. The molecule has 1 N–H and O–H groups in total. The van der Waals surface area contributed by atoms with Crippen molar-refractivity contribution in [3.63, 3.8) is 0 Å². The molecule has 2 aliphatic heterocycles. The maximum atomic E-state index is 15.8. The molecule has 346 valence electrons. The van der Waals surface area contributed by atoms with Gasteiger partial charge < -0.3 is 14.9 Å². The summed E-state index contributed by atoms with van der Waals surface area (Å²) in [5.41, 5.74) is -12.4. The van der Waals surface area contributed by atoms with Crippen LogP contribution in [0.4, 0.5) is 37.7 Å². The number of alkyl halides is 7. The van der Waals surface area contributed by atoms with E-state index >= 15 is 26.3 Å². The Morgan fingerprint density at radius 2 is 1.02 bits per heavy atom. The summed E-state index contributed by atoms with van der Waals surface area (Å²) in [5.74, 6) is -0.819. The van der Waals surface area contributed by atoms with Crippen LogP contribution >= 0.6 is 40.4 Å². The van der Waals surface area contributed by atoms with E-state index in [1.54, 1.807) is 37.5 Å². The Labute approximate surface area is 389 Å². The van der Waals surface area contributed by atoms with Crippen molar-refractivity contribution in [1.82, 2.24) is 9.80 Å². The van der Waals surface area contributed by atoms with E-state index in [-0.39, 0.29) is 28.9 Å². The lowest BCUT2D eigenvalue weighted by molar-refractivity contribution is -0.139. The van der Waals surface area contributed by atoms with Gasteiger partial charge in [-0.3, -0.25) is 19.4 Å². The van der Waals surface area contributed by atoms with Gasteiger partial charge in [0, 0.05) is 35.1 Å². The summed E-state index contributed by atoms with van der Waals surface area (Å²) in [6.45, 7) is 6.34. The first kappa shape index (κ1) is 49.6. The molecule has 2 saturated heterocycles. The molecule has 2 saturated carbocycles. The largest absolute Gasteiger partial charge is 0.418 e. The molecule has 4 aliphatic rings. The Morgan fingerprint density at radius 3 is 1.33 bits per heavy atom. The van der Waals surface area contributed by atoms with Gasteiger partial charge in [0.2, 0.25) is 0 Å². The molecule has 0 aromatic heterocycles. The maximum absolute atomic E-state index is 15.8. The van der Waals surface area contributed by atoms with Crippen LogP contribution < -0.4 is 9.80 Å². The molecule has 0 bridgehead atoms. The van der Waals surface area contributed by atoms with Gasteiger partial charge in [0.25, 0.3) is 11.8 Å². The lowest BCUT2D eigenvalue weighted by Gasteiger charge is -2.41. The minimum atomic E-state index is -5.51. The second kappa shape index (κ2) is 19.2. The molecule has 64 heavy (non-hydrogen) atoms. The van der Waals surface area contributed by atoms with E-state index in [2.05, 4.69) is 15.9 Å². The number of carbonyl (C=O) groups excluding carboxylic acids is 2. The van der Waals surface area contributed by atoms with Crippen LogP contribution in [0.15, 0.2) is 24.3 Å². The van der Waals surface area contributed by atoms with Crippen LogP contribution in [-0.2, 0) is 21.9 Å². The quantitative estimate of drug-likeness (QED) is 0.0906. The number of aliphatic hydroxyl groups excluding tert-OH is 1. The van der Waals surface area contributed by atoms with Crippen molar-refractivity contribution in [3.05, 3.63) is 46.5 Å². The molecule has 9 nitrogen and oxygen atoms in total. The Kier molecular flexibility index (Phi) is 14.9. The summed E-state index contributed by atoms with van der Waals surface area (Å²) in [5, 5.41) is 30.1. The molecule has 2 aromatic carbocycles. The van der Waals surface area contributed by atoms with Crippen molar-refractivity contribution in [1.29, 1.82) is 10.5 Å². The smallest absolute Gasteiger partial charge is 0.396 e. The molecule has 0 spiro atoms. The predicted molar refractivity (Wildman–Crippen MR) is 243 cm³/mol. The van der Waals surface area contributed by atoms with Crippen LogP contribution in [-0.4, -0.2) is 72.0 Å². The van der Waals surface area contributed by atoms with Gasteiger partial charge >= 0.3 is 12.4 Å². The predicted octanol–water partition coefficient (Wildman–Crippen LogP) is 11.4. The summed E-state index contributed by atoms with van der Waals surface area (Å²) in [7, 11) is 0. The fourth-order valence-corrected chi connectivity index (χ4v) is 12.1. The van der Waals surface area contributed by atoms with E-state index in [0.717, 1.165) is 97.2 Å². The number of rotatable bonds is 13. The number of nitrogens with zero attached hydrogens (tertiary/aromatic N) is 6. The van der Waals surface area contributed by atoms with Crippen LogP contribution in [0.5, 0.6) is 0 Å². The second-order valence-electron chi connectivity index (χ2n) is 18.4. The van der Waals surface area contributed by atoms with E-state index < -0.39 is 80.0 Å². The molecule has 0 radical (unpaired) electrons. The molecule has 2 aliphatic carbocycles. The molecular weight excluding hydrogens is 943 g/mol. The van der Waals surface area contributed by atoms with Crippen LogP contribution in [0.25, 0.3) is 11.1 Å². The van der Waals surface area contributed by atoms with Crippen LogP contribution in [0.3, 0.4) is 0 Å². The molecule has 2 heterocycles. The van der Waals surface area contributed by atoms with Crippen molar-refractivity contribution >= 4 is 73.8 Å². The highest BCUT2D eigenvalue weighted by Crippen LogP contribution is 2.55. The molecule has 2 amide bonds. The van der Waals surface area contributed by atoms with Crippen molar-refractivity contribution in [2.75, 3.05) is 21.7 Å². The maximum Gasteiger partial charge on any atom is 0.418 e. The van der Waals surface area contributed by atoms with E-state index in [1.165, 1.54) is 12.1 Å². The van der Waals surface area contributed by atoms with Crippen molar-refractivity contribution in [3.8, 4) is 23.3 Å². The number of anilines is 2. The highest BCUT2D eigenvalue weighted by Gasteiger charge is 2.57. The minimum Gasteiger partial charge on any atom is -0.396 e. The first-order valence-corrected chi connectivity index (χ1v) is 23.8. The average Bonchev–Trinajstić information content (AvgIpc) is 3.53. The summed E-state index contributed by atoms with van der Waals surface area (Å²) in [4.78, 5) is 34.4. The third kappa shape index (κ3) is 9.14. The van der Waals surface area contributed by atoms with Gasteiger partial charge in [-0.05, 0) is 152 Å². The van der Waals surface area contributed by atoms with Gasteiger partial charge in [0.15, 0.2) is 10.2 Å². The summed E-state index contributed by atoms with van der Waals surface area (Å²) < 4.78 is 94.6. The first-order chi connectivity index (χ1) is 30.1. The molecule has 6 rings (SSSR count). The SMILES string of the molecule is CC1(C)C(=O)N(c2ccc(C#N)c(C(F)(F)F)c2-c2c(N3C(=O)C(C)(C)N(C4CCC(CCCCBr)CC4)C3=S)ccc(C#N)c2C(F)(F)F)C(=S)N1C1CCC(CCCCO)CC1. The Hall–Kier alpha value is -3.84. The van der Waals surface area contributed by atoms with Gasteiger partial charge in [-0.1, -0.05) is 41.6 Å². The van der Waals surface area contributed by atoms with Gasteiger partial charge in [-0.25, -0.2) is 0 Å². The lowest BCUT2D eigenvalue weighted by Crippen LogP contribution is -2.51. The molecule has 0 atom stereocenters. The van der Waals surface area contributed by atoms with E-state index in [4.69, 9.17) is 24.4 Å². The number of halogens is 7. The summed E-state index contributed by atoms with van der Waals surface area (Å²) in [6, 6.07) is 5.87. The fourth-order valence-electron chi connectivity index (χ4n) is 10.6. The number of hydrogen-bond donors (Lipinski definition) is 1. The van der Waals surface area contributed by atoms with Crippen LogP contribution in [0, 0.1) is 34.5 Å². The minimum absolute atomic E-state index is 0.0835. The Bertz CT molecular complexity index is 2080. The Balaban J connectivity index is 1.55. The molecular formula is C46H53BrF6N6O3S2. The number of hydrogen-bond acceptors (Lipinski definition) is 7. The number of amides is 2. The van der Waals surface area contributed by atoms with Crippen molar-refractivity contribution in [2.24, 2.45) is 11.8 Å². The number of aliphatic hydroxyl groups is 1. The fraction of sp³-hybridized carbons (Fsp3) is 0.609. The highest BCUT2D eigenvalue weighted by molar-refractivity contribution is 9.09. The van der Waals surface area contributed by atoms with E-state index in [9.17, 15) is 25.2 Å². The zero-order valence-electron chi connectivity index (χ0n) is 36.3. The standard InChI is InChI=1S/C46H53BrF6N6O3S2/c1-43(2)39(61)56(41(63)58(43)31-17-11-27(12-18-31)9-5-7-23-47)33-21-15-29(25-54)37(45(48,49)50)35(33)36-34(22-16-30(26-55)38(36)46(51,52)53)57-40(62)44(3,4)59(42(57)64)32-19-13-28(14-20-32)10-6-8-24-60/h15-16,21-22,27-28,31-32,60H,5-14,17-20,23-24H2,1-4H3. The zero-order chi connectivity index (χ0) is 47.1. The molecule has 2 aromatic rings. The number of benzene rings is 2. The van der Waals surface area contributed by atoms with Gasteiger partial charge in [-0.15, -0.1) is 0 Å². The van der Waals surface area contributed by atoms with Crippen molar-refractivity contribution < 1.29 is 41.0 Å². The molecule has 0 unspecified atom stereocenters. The third-order valence-electron chi connectivity index (χ3n) is 13.7. The van der Waals surface area contributed by atoms with Crippen LogP contribution in [0.1, 0.15) is 140 Å². The topological polar surface area (TPSA) is 115 Å². The average molecular weight is 996 g/mol. The van der Waals surface area contributed by atoms with E-state index in [1.807, 2.05) is 0 Å². The number of carbonyl (C=O) groups is 2. The van der Waals surface area contributed by atoms with Gasteiger partial charge in [0.1, 0.15) is 11.1 Å². The first-order valence-electron chi connectivity index (χ1n) is 21.9. The lowest BCUT2D eigenvalue weighted by atomic mass is 9.81. The van der Waals surface area contributed by atoms with Gasteiger partial charge in [0.05, 0.1) is 45.8 Å². The third-order valence-corrected chi connectivity index (χ3v) is 15.1. The second-order valence-corrected chi connectivity index (χ2v) is 20.0. The number of thiocarbonyl (C=S) groups is 2. The summed E-state index contributed by atoms with van der Waals surface area (Å²) >= 11 is 15.4. The number of nitriles is 2. The van der Waals surface area contributed by atoms with E-state index in [0.29, 0.717) is 43.9 Å². The molecule has 4 fully saturated rings. The van der Waals surface area contributed by atoms with Crippen LogP contribution in [0.2, 0.25) is 0 Å². The van der Waals surface area contributed by atoms with Gasteiger partial charge in [-0.2, -0.15) is 36.9 Å².